The quantitative estimate of drug-likeness (QED) is 0.843. The van der Waals surface area contributed by atoms with Crippen molar-refractivity contribution < 1.29 is 5.11 Å². The van der Waals surface area contributed by atoms with Gasteiger partial charge in [-0.15, -0.1) is 0 Å². The maximum absolute atomic E-state index is 8.94. The van der Waals surface area contributed by atoms with Crippen molar-refractivity contribution in [2.75, 3.05) is 25.1 Å². The second kappa shape index (κ2) is 4.45. The summed E-state index contributed by atoms with van der Waals surface area (Å²) in [5.74, 6) is 0.864. The van der Waals surface area contributed by atoms with E-state index in [1.54, 1.807) is 6.33 Å². The Hall–Kier alpha value is -1.68. The summed E-state index contributed by atoms with van der Waals surface area (Å²) in [5.41, 5.74) is 2.11. The van der Waals surface area contributed by atoms with Gasteiger partial charge in [-0.1, -0.05) is 11.6 Å². The molecule has 0 bridgehead atoms. The number of aromatic nitrogens is 2. The van der Waals surface area contributed by atoms with E-state index in [2.05, 4.69) is 16.0 Å². The average Bonchev–Trinajstić information content (AvgIpc) is 2.28. The Kier molecular flexibility index (Phi) is 3.01. The molecule has 0 atom stereocenters. The molecule has 4 nitrogen and oxygen atoms in total. The first kappa shape index (κ1) is 10.8. The lowest BCUT2D eigenvalue weighted by Gasteiger charge is -2.18. The van der Waals surface area contributed by atoms with Crippen molar-refractivity contribution in [3.63, 3.8) is 0 Å². The Morgan fingerprint density at radius 1 is 1.31 bits per heavy atom. The van der Waals surface area contributed by atoms with Gasteiger partial charge in [-0.25, -0.2) is 9.97 Å². The minimum absolute atomic E-state index is 0.119. The van der Waals surface area contributed by atoms with Gasteiger partial charge < -0.3 is 10.0 Å². The van der Waals surface area contributed by atoms with Crippen LogP contribution in [-0.4, -0.2) is 35.3 Å². The fourth-order valence-corrected chi connectivity index (χ4v) is 1.72. The van der Waals surface area contributed by atoms with E-state index in [0.29, 0.717) is 6.54 Å². The van der Waals surface area contributed by atoms with Gasteiger partial charge in [-0.05, 0) is 19.1 Å². The molecule has 0 saturated heterocycles. The second-order valence-corrected chi connectivity index (χ2v) is 3.86. The molecule has 0 aliphatic carbocycles. The third kappa shape index (κ3) is 1.97. The van der Waals surface area contributed by atoms with Gasteiger partial charge in [0, 0.05) is 19.0 Å². The predicted molar refractivity (Wildman–Crippen MR) is 64.6 cm³/mol. The number of hydrogen-bond acceptors (Lipinski definition) is 4. The number of aliphatic hydroxyl groups is 1. The maximum atomic E-state index is 8.94. The average molecular weight is 217 g/mol. The molecule has 0 radical (unpaired) electrons. The molecule has 1 aromatic heterocycles. The van der Waals surface area contributed by atoms with E-state index >= 15 is 0 Å². The van der Waals surface area contributed by atoms with Gasteiger partial charge in [0.25, 0.3) is 0 Å². The highest BCUT2D eigenvalue weighted by Crippen LogP contribution is 2.22. The molecule has 0 amide bonds. The van der Waals surface area contributed by atoms with Crippen molar-refractivity contribution in [3.05, 3.63) is 30.1 Å². The van der Waals surface area contributed by atoms with E-state index in [1.165, 1.54) is 5.56 Å². The summed E-state index contributed by atoms with van der Waals surface area (Å²) in [4.78, 5) is 10.4. The minimum atomic E-state index is 0.119. The lowest BCUT2D eigenvalue weighted by molar-refractivity contribution is 0.304. The number of aryl methyl sites for hydroxylation is 1. The molecule has 0 spiro atoms. The first-order valence-electron chi connectivity index (χ1n) is 5.25. The molecule has 2 rings (SSSR count). The Morgan fingerprint density at radius 3 is 2.88 bits per heavy atom. The summed E-state index contributed by atoms with van der Waals surface area (Å²) < 4.78 is 0. The van der Waals surface area contributed by atoms with Crippen LogP contribution < -0.4 is 4.90 Å². The Bertz CT molecular complexity index is 499. The Labute approximate surface area is 94.6 Å². The van der Waals surface area contributed by atoms with E-state index < -0.39 is 0 Å². The molecule has 1 N–H and O–H groups in total. The van der Waals surface area contributed by atoms with Crippen LogP contribution in [0.1, 0.15) is 5.56 Å². The molecule has 0 saturated carbocycles. The summed E-state index contributed by atoms with van der Waals surface area (Å²) in [5, 5.41) is 9.97. The van der Waals surface area contributed by atoms with Gasteiger partial charge in [0.1, 0.15) is 12.1 Å². The Morgan fingerprint density at radius 2 is 2.12 bits per heavy atom. The molecule has 0 aliphatic heterocycles. The van der Waals surface area contributed by atoms with E-state index in [-0.39, 0.29) is 6.61 Å². The van der Waals surface area contributed by atoms with Crippen LogP contribution in [0.5, 0.6) is 0 Å². The maximum Gasteiger partial charge on any atom is 0.139 e. The van der Waals surface area contributed by atoms with E-state index in [0.717, 1.165) is 16.7 Å². The third-order valence-corrected chi connectivity index (χ3v) is 2.57. The largest absolute Gasteiger partial charge is 0.395 e. The van der Waals surface area contributed by atoms with Crippen LogP contribution in [0, 0.1) is 6.92 Å². The van der Waals surface area contributed by atoms with Gasteiger partial charge in [-0.2, -0.15) is 0 Å². The van der Waals surface area contributed by atoms with Gasteiger partial charge in [0.05, 0.1) is 12.1 Å². The zero-order chi connectivity index (χ0) is 11.5. The lowest BCUT2D eigenvalue weighted by Crippen LogP contribution is -2.22. The molecule has 2 aromatic rings. The molecular weight excluding hydrogens is 202 g/mol. The van der Waals surface area contributed by atoms with Gasteiger partial charge >= 0.3 is 0 Å². The van der Waals surface area contributed by atoms with Gasteiger partial charge in [-0.3, -0.25) is 0 Å². The van der Waals surface area contributed by atoms with E-state index in [9.17, 15) is 0 Å². The smallest absolute Gasteiger partial charge is 0.139 e. The molecule has 1 aromatic carbocycles. The van der Waals surface area contributed by atoms with Crippen LogP contribution in [0.25, 0.3) is 10.9 Å². The molecule has 0 unspecified atom stereocenters. The molecule has 1 heterocycles. The number of rotatable bonds is 3. The number of fused-ring (bicyclic) bond motifs is 1. The molecule has 0 aliphatic rings. The van der Waals surface area contributed by atoms with Crippen LogP contribution in [0.15, 0.2) is 24.5 Å². The highest BCUT2D eigenvalue weighted by molar-refractivity contribution is 5.89. The van der Waals surface area contributed by atoms with Crippen molar-refractivity contribution in [1.82, 2.24) is 9.97 Å². The highest BCUT2D eigenvalue weighted by Gasteiger charge is 2.07. The number of anilines is 1. The molecule has 16 heavy (non-hydrogen) atoms. The van der Waals surface area contributed by atoms with Crippen molar-refractivity contribution >= 4 is 16.7 Å². The summed E-state index contributed by atoms with van der Waals surface area (Å²) in [7, 11) is 1.92. The van der Waals surface area contributed by atoms with Crippen molar-refractivity contribution in [3.8, 4) is 0 Å². The van der Waals surface area contributed by atoms with Crippen molar-refractivity contribution in [2.24, 2.45) is 0 Å². The minimum Gasteiger partial charge on any atom is -0.395 e. The topological polar surface area (TPSA) is 49.2 Å². The van der Waals surface area contributed by atoms with Crippen molar-refractivity contribution in [1.29, 1.82) is 0 Å². The zero-order valence-corrected chi connectivity index (χ0v) is 9.51. The van der Waals surface area contributed by atoms with Gasteiger partial charge in [0.2, 0.25) is 0 Å². The summed E-state index contributed by atoms with van der Waals surface area (Å²) in [6.45, 7) is 2.73. The molecule has 0 fully saturated rings. The zero-order valence-electron chi connectivity index (χ0n) is 9.51. The fraction of sp³-hybridized carbons (Fsp3) is 0.333. The summed E-state index contributed by atoms with van der Waals surface area (Å²) in [6, 6.07) is 6.09. The van der Waals surface area contributed by atoms with E-state index in [4.69, 9.17) is 5.11 Å². The molecule has 4 heteroatoms. The summed E-state index contributed by atoms with van der Waals surface area (Å²) in [6.07, 6.45) is 1.56. The molecule has 84 valence electrons. The first-order valence-corrected chi connectivity index (χ1v) is 5.25. The van der Waals surface area contributed by atoms with Crippen LogP contribution in [-0.2, 0) is 0 Å². The standard InChI is InChI=1S/C12H15N3O/c1-9-3-4-11-10(7-9)12(14-8-13-11)15(2)5-6-16/h3-4,7-8,16H,5-6H2,1-2H3. The SMILES string of the molecule is Cc1ccc2ncnc(N(C)CCO)c2c1. The van der Waals surface area contributed by atoms with Crippen LogP contribution in [0.4, 0.5) is 5.82 Å². The van der Waals surface area contributed by atoms with Crippen LogP contribution in [0.3, 0.4) is 0 Å². The number of aliphatic hydroxyl groups excluding tert-OH is 1. The highest BCUT2D eigenvalue weighted by atomic mass is 16.3. The van der Waals surface area contributed by atoms with Crippen LogP contribution >= 0.6 is 0 Å². The lowest BCUT2D eigenvalue weighted by atomic mass is 10.1. The second-order valence-electron chi connectivity index (χ2n) is 3.86. The van der Waals surface area contributed by atoms with Gasteiger partial charge in [0.15, 0.2) is 0 Å². The number of hydrogen-bond donors (Lipinski definition) is 1. The number of benzene rings is 1. The normalized spacial score (nSPS) is 10.7. The van der Waals surface area contributed by atoms with Crippen LogP contribution in [0.2, 0.25) is 0 Å². The first-order chi connectivity index (χ1) is 7.72. The monoisotopic (exact) mass is 217 g/mol. The number of nitrogens with zero attached hydrogens (tertiary/aromatic N) is 3. The van der Waals surface area contributed by atoms with E-state index in [1.807, 2.05) is 31.0 Å². The molecular formula is C12H15N3O. The fourth-order valence-electron chi connectivity index (χ4n) is 1.72. The predicted octanol–water partition coefficient (Wildman–Crippen LogP) is 1.37. The Balaban J connectivity index is 2.55. The number of likely N-dealkylation sites (N-methyl/N-ethyl adjacent to an activating group) is 1. The third-order valence-electron chi connectivity index (χ3n) is 2.57. The van der Waals surface area contributed by atoms with Crippen molar-refractivity contribution in [2.45, 2.75) is 6.92 Å². The summed E-state index contributed by atoms with van der Waals surface area (Å²) >= 11 is 0.